The van der Waals surface area contributed by atoms with E-state index in [-0.39, 0.29) is 28.5 Å². The molecule has 0 saturated heterocycles. The van der Waals surface area contributed by atoms with Gasteiger partial charge in [-0.25, -0.2) is 18.7 Å². The van der Waals surface area contributed by atoms with Crippen LogP contribution >= 0.6 is 0 Å². The molecule has 25 heavy (non-hydrogen) atoms. The molecule has 0 unspecified atom stereocenters. The third-order valence-corrected chi connectivity index (χ3v) is 3.55. The molecule has 0 N–H and O–H groups in total. The van der Waals surface area contributed by atoms with Crippen LogP contribution in [-0.2, 0) is 11.2 Å². The first-order valence-electron chi connectivity index (χ1n) is 7.24. The third-order valence-electron chi connectivity index (χ3n) is 3.55. The van der Waals surface area contributed by atoms with E-state index in [2.05, 4.69) is 19.8 Å². The predicted molar refractivity (Wildman–Crippen MR) is 83.5 cm³/mol. The number of methoxy groups -OCH3 is 1. The van der Waals surface area contributed by atoms with Crippen LogP contribution in [0.2, 0.25) is 0 Å². The SMILES string of the molecule is CCc1cc(C(=O)OC)nc2nc(-c3ccc([N+](=O)[O-])cc3F)nn12. The lowest BCUT2D eigenvalue weighted by atomic mass is 10.2. The smallest absolute Gasteiger partial charge is 0.356 e. The first kappa shape index (κ1) is 16.4. The molecule has 3 aromatic rings. The largest absolute Gasteiger partial charge is 0.464 e. The van der Waals surface area contributed by atoms with Crippen molar-refractivity contribution in [3.8, 4) is 11.4 Å². The summed E-state index contributed by atoms with van der Waals surface area (Å²) in [6.45, 7) is 1.85. The van der Waals surface area contributed by atoms with Gasteiger partial charge < -0.3 is 4.74 Å². The number of nitro groups is 1. The Balaban J connectivity index is 2.15. The van der Waals surface area contributed by atoms with Crippen LogP contribution < -0.4 is 0 Å². The molecule has 0 fully saturated rings. The van der Waals surface area contributed by atoms with Crippen LogP contribution in [0.4, 0.5) is 10.1 Å². The Kier molecular flexibility index (Phi) is 4.09. The maximum atomic E-state index is 14.2. The van der Waals surface area contributed by atoms with Gasteiger partial charge >= 0.3 is 5.97 Å². The normalized spacial score (nSPS) is 10.8. The fourth-order valence-electron chi connectivity index (χ4n) is 2.30. The minimum atomic E-state index is -0.823. The van der Waals surface area contributed by atoms with E-state index in [0.29, 0.717) is 12.1 Å². The Morgan fingerprint density at radius 1 is 1.36 bits per heavy atom. The van der Waals surface area contributed by atoms with Crippen LogP contribution in [0.25, 0.3) is 17.2 Å². The number of nitro benzene ring substituents is 1. The van der Waals surface area contributed by atoms with Gasteiger partial charge in [0.05, 0.1) is 23.7 Å². The van der Waals surface area contributed by atoms with Crippen molar-refractivity contribution in [1.82, 2.24) is 19.6 Å². The summed E-state index contributed by atoms with van der Waals surface area (Å²) in [6, 6.07) is 4.71. The summed E-state index contributed by atoms with van der Waals surface area (Å²) in [5.41, 5.74) is 0.324. The molecule has 3 rings (SSSR count). The maximum absolute atomic E-state index is 14.2. The summed E-state index contributed by atoms with van der Waals surface area (Å²) >= 11 is 0. The Hall–Kier alpha value is -3.43. The summed E-state index contributed by atoms with van der Waals surface area (Å²) in [4.78, 5) is 29.9. The molecule has 0 radical (unpaired) electrons. The number of halogens is 1. The Labute approximate surface area is 140 Å². The number of hydrogen-bond donors (Lipinski definition) is 0. The van der Waals surface area contributed by atoms with Gasteiger partial charge in [-0.3, -0.25) is 10.1 Å². The molecular weight excluding hydrogens is 333 g/mol. The van der Waals surface area contributed by atoms with Crippen LogP contribution in [0, 0.1) is 15.9 Å². The zero-order valence-corrected chi connectivity index (χ0v) is 13.3. The van der Waals surface area contributed by atoms with Crippen molar-refractivity contribution in [2.75, 3.05) is 7.11 Å². The van der Waals surface area contributed by atoms with Crippen LogP contribution in [0.1, 0.15) is 23.1 Å². The van der Waals surface area contributed by atoms with Gasteiger partial charge in [-0.1, -0.05) is 6.92 Å². The van der Waals surface area contributed by atoms with Crippen molar-refractivity contribution in [3.05, 3.63) is 51.6 Å². The van der Waals surface area contributed by atoms with Crippen molar-refractivity contribution in [2.24, 2.45) is 0 Å². The number of nitrogens with zero attached hydrogens (tertiary/aromatic N) is 5. The third kappa shape index (κ3) is 2.89. The average Bonchev–Trinajstić information content (AvgIpc) is 3.03. The molecule has 0 bridgehead atoms. The lowest BCUT2D eigenvalue weighted by molar-refractivity contribution is -0.385. The van der Waals surface area contributed by atoms with Gasteiger partial charge in [-0.05, 0) is 18.6 Å². The number of ether oxygens (including phenoxy) is 1. The number of non-ortho nitro benzene ring substituents is 1. The van der Waals surface area contributed by atoms with Crippen molar-refractivity contribution < 1.29 is 18.8 Å². The summed E-state index contributed by atoms with van der Waals surface area (Å²) in [5, 5.41) is 14.9. The molecule has 9 nitrogen and oxygen atoms in total. The second kappa shape index (κ2) is 6.23. The first-order chi connectivity index (χ1) is 11.9. The molecule has 0 aliphatic heterocycles. The van der Waals surface area contributed by atoms with Gasteiger partial charge in [-0.2, -0.15) is 4.98 Å². The number of carbonyl (C=O) groups excluding carboxylic acids is 1. The molecule has 0 atom stereocenters. The summed E-state index contributed by atoms with van der Waals surface area (Å²) in [6.07, 6.45) is 0.522. The van der Waals surface area contributed by atoms with E-state index < -0.39 is 16.7 Å². The topological polar surface area (TPSA) is 113 Å². The minimum absolute atomic E-state index is 0.00206. The molecule has 0 aliphatic rings. The fraction of sp³-hybridized carbons (Fsp3) is 0.200. The first-order valence-corrected chi connectivity index (χ1v) is 7.24. The van der Waals surface area contributed by atoms with Crippen LogP contribution in [0.3, 0.4) is 0 Å². The van der Waals surface area contributed by atoms with Crippen molar-refractivity contribution >= 4 is 17.4 Å². The van der Waals surface area contributed by atoms with Crippen LogP contribution in [0.5, 0.6) is 0 Å². The zero-order chi connectivity index (χ0) is 18.1. The number of hydrogen-bond acceptors (Lipinski definition) is 7. The van der Waals surface area contributed by atoms with Gasteiger partial charge in [0.2, 0.25) is 0 Å². The zero-order valence-electron chi connectivity index (χ0n) is 13.3. The van der Waals surface area contributed by atoms with Gasteiger partial charge in [0, 0.05) is 11.8 Å². The Morgan fingerprint density at radius 3 is 2.72 bits per heavy atom. The molecule has 2 heterocycles. The van der Waals surface area contributed by atoms with Gasteiger partial charge in [0.25, 0.3) is 11.5 Å². The molecule has 10 heteroatoms. The van der Waals surface area contributed by atoms with E-state index >= 15 is 0 Å². The molecule has 0 saturated carbocycles. The molecular formula is C15H12FN5O4. The second-order valence-electron chi connectivity index (χ2n) is 5.05. The number of benzene rings is 1. The summed E-state index contributed by atoms with van der Waals surface area (Å²) in [5.74, 6) is -1.33. The van der Waals surface area contributed by atoms with E-state index in [9.17, 15) is 19.3 Å². The van der Waals surface area contributed by atoms with E-state index in [4.69, 9.17) is 0 Å². The van der Waals surface area contributed by atoms with E-state index in [1.54, 1.807) is 0 Å². The number of rotatable bonds is 4. The van der Waals surface area contributed by atoms with E-state index in [0.717, 1.165) is 12.1 Å². The highest BCUT2D eigenvalue weighted by Crippen LogP contribution is 2.24. The minimum Gasteiger partial charge on any atom is -0.464 e. The number of esters is 1. The van der Waals surface area contributed by atoms with E-state index in [1.807, 2.05) is 6.92 Å². The second-order valence-corrected chi connectivity index (χ2v) is 5.05. The monoisotopic (exact) mass is 345 g/mol. The van der Waals surface area contributed by atoms with Gasteiger partial charge in [-0.15, -0.1) is 5.10 Å². The number of aryl methyl sites for hydroxylation is 1. The fourth-order valence-corrected chi connectivity index (χ4v) is 2.30. The lowest BCUT2D eigenvalue weighted by Crippen LogP contribution is -2.09. The summed E-state index contributed by atoms with van der Waals surface area (Å²) < 4.78 is 20.2. The number of aromatic nitrogens is 4. The number of fused-ring (bicyclic) bond motifs is 1. The molecule has 128 valence electrons. The van der Waals surface area contributed by atoms with Crippen molar-refractivity contribution in [3.63, 3.8) is 0 Å². The quantitative estimate of drug-likeness (QED) is 0.404. The standard InChI is InChI=1S/C15H12FN5O4/c1-3-8-7-12(14(22)25-2)17-15-18-13(19-20(8)15)10-5-4-9(21(23)24)6-11(10)16/h4-7H,3H2,1-2H3. The molecule has 1 aromatic carbocycles. The lowest BCUT2D eigenvalue weighted by Gasteiger charge is -2.03. The van der Waals surface area contributed by atoms with Crippen LogP contribution in [-0.4, -0.2) is 37.6 Å². The molecule has 0 amide bonds. The Bertz CT molecular complexity index is 1000. The highest BCUT2D eigenvalue weighted by Gasteiger charge is 2.19. The number of carbonyl (C=O) groups is 1. The van der Waals surface area contributed by atoms with Gasteiger partial charge in [0.15, 0.2) is 11.5 Å². The van der Waals surface area contributed by atoms with E-state index in [1.165, 1.54) is 23.8 Å². The van der Waals surface area contributed by atoms with Crippen molar-refractivity contribution in [1.29, 1.82) is 0 Å². The highest BCUT2D eigenvalue weighted by molar-refractivity contribution is 5.87. The molecule has 2 aromatic heterocycles. The summed E-state index contributed by atoms with van der Waals surface area (Å²) in [7, 11) is 1.24. The highest BCUT2D eigenvalue weighted by atomic mass is 19.1. The predicted octanol–water partition coefficient (Wildman–Crippen LogP) is 2.19. The van der Waals surface area contributed by atoms with Crippen molar-refractivity contribution in [2.45, 2.75) is 13.3 Å². The maximum Gasteiger partial charge on any atom is 0.356 e. The van der Waals surface area contributed by atoms with Crippen LogP contribution in [0.15, 0.2) is 24.3 Å². The molecule has 0 spiro atoms. The van der Waals surface area contributed by atoms with Gasteiger partial charge in [0.1, 0.15) is 5.82 Å². The molecule has 0 aliphatic carbocycles. The Morgan fingerprint density at radius 2 is 2.12 bits per heavy atom. The average molecular weight is 345 g/mol.